The van der Waals surface area contributed by atoms with Gasteiger partial charge in [-0.3, -0.25) is 4.57 Å². The molecule has 0 atom stereocenters. The summed E-state index contributed by atoms with van der Waals surface area (Å²) < 4.78 is 2.16. The predicted octanol–water partition coefficient (Wildman–Crippen LogP) is 8.53. The molecule has 0 spiro atoms. The van der Waals surface area contributed by atoms with Gasteiger partial charge in [-0.15, -0.1) is 5.52 Å². The second-order valence-corrected chi connectivity index (χ2v) is 11.7. The summed E-state index contributed by atoms with van der Waals surface area (Å²) in [5.41, 5.74) is 8.52. The summed E-state index contributed by atoms with van der Waals surface area (Å²) in [6, 6.07) is 35.9. The summed E-state index contributed by atoms with van der Waals surface area (Å²) >= 11 is 0. The number of hydrogen-bond donors (Lipinski definition) is 1. The van der Waals surface area contributed by atoms with E-state index < -0.39 is 5.97 Å². The number of carboxylic acid groups (broad SMARTS) is 1. The molecule has 220 valence electrons. The molecule has 0 bridgehead atoms. The first-order valence-electron chi connectivity index (χ1n) is 14.2. The van der Waals surface area contributed by atoms with E-state index in [2.05, 4.69) is 54.6 Å². The monoisotopic (exact) mass is 756 g/mol. The minimum atomic E-state index is -1.08. The van der Waals surface area contributed by atoms with Gasteiger partial charge in [-0.1, -0.05) is 93.6 Å². The second-order valence-electron chi connectivity index (χ2n) is 11.7. The maximum absolute atomic E-state index is 12.2. The number of carboxylic acids is 1. The standard InChI is InChI=1S/C37H30N4O2.Pt/c1-37(2,3)26-19-24-17-18-38-33(24)29(22-26)35-40-34-28(15-10-16-32(34)41(35)27-13-8-5-9-14-27)30-20-25(21-31(39-30)36(42)43)23-11-6-4-7-12-23;/h4-22H,1-3H3,(H2,38,39,40,42,43);/p-1. The Kier molecular flexibility index (Phi) is 7.56. The van der Waals surface area contributed by atoms with Crippen molar-refractivity contribution in [1.82, 2.24) is 19.5 Å². The molecular formula is C37H29N4O2Pt-. The van der Waals surface area contributed by atoms with Gasteiger partial charge < -0.3 is 10.1 Å². The van der Waals surface area contributed by atoms with Gasteiger partial charge in [-0.25, -0.2) is 14.8 Å². The topological polar surface area (TPSA) is 82.1 Å². The first-order chi connectivity index (χ1) is 20.8. The predicted molar refractivity (Wildman–Crippen MR) is 172 cm³/mol. The number of pyridine rings is 1. The fourth-order valence-corrected chi connectivity index (χ4v) is 5.62. The number of imidazole rings is 1. The molecule has 7 rings (SSSR count). The molecule has 0 fully saturated rings. The molecule has 0 saturated carbocycles. The summed E-state index contributed by atoms with van der Waals surface area (Å²) in [5.74, 6) is -0.313. The normalized spacial score (nSPS) is 11.5. The van der Waals surface area contributed by atoms with Crippen molar-refractivity contribution in [2.75, 3.05) is 0 Å². The van der Waals surface area contributed by atoms with Crippen LogP contribution in [0.5, 0.6) is 0 Å². The number of carbonyl (C=O) groups is 1. The van der Waals surface area contributed by atoms with Crippen LogP contribution in [0.1, 0.15) is 36.8 Å². The minimum Gasteiger partial charge on any atom is -0.663 e. The quantitative estimate of drug-likeness (QED) is 0.191. The van der Waals surface area contributed by atoms with Crippen molar-refractivity contribution in [2.45, 2.75) is 26.2 Å². The van der Waals surface area contributed by atoms with E-state index >= 15 is 0 Å². The van der Waals surface area contributed by atoms with E-state index in [4.69, 9.17) is 9.97 Å². The molecule has 3 aromatic heterocycles. The number of aromatic carboxylic acids is 1. The fourth-order valence-electron chi connectivity index (χ4n) is 5.62. The number of nitrogens with zero attached hydrogens (tertiary/aromatic N) is 4. The molecule has 0 aliphatic carbocycles. The molecule has 7 aromatic rings. The zero-order valence-corrected chi connectivity index (χ0v) is 26.7. The van der Waals surface area contributed by atoms with Crippen molar-refractivity contribution in [1.29, 1.82) is 0 Å². The van der Waals surface area contributed by atoms with E-state index in [9.17, 15) is 9.90 Å². The summed E-state index contributed by atoms with van der Waals surface area (Å²) in [4.78, 5) is 26.8. The second kappa shape index (κ2) is 11.4. The molecule has 44 heavy (non-hydrogen) atoms. The molecule has 0 aliphatic rings. The molecule has 3 heterocycles. The van der Waals surface area contributed by atoms with Crippen LogP contribution in [0.2, 0.25) is 0 Å². The Balaban J connectivity index is 0.00000343. The first kappa shape index (κ1) is 29.3. The Morgan fingerprint density at radius 2 is 1.50 bits per heavy atom. The Bertz CT molecular complexity index is 2140. The van der Waals surface area contributed by atoms with Gasteiger partial charge in [0.1, 0.15) is 11.5 Å². The van der Waals surface area contributed by atoms with Gasteiger partial charge in [0.05, 0.1) is 16.7 Å². The van der Waals surface area contributed by atoms with Gasteiger partial charge in [-0.2, -0.15) is 6.20 Å². The van der Waals surface area contributed by atoms with E-state index in [1.54, 1.807) is 6.07 Å². The van der Waals surface area contributed by atoms with E-state index in [1.807, 2.05) is 85.1 Å². The Morgan fingerprint density at radius 3 is 2.20 bits per heavy atom. The molecule has 1 N–H and O–H groups in total. The smallest absolute Gasteiger partial charge is 0.354 e. The average Bonchev–Trinajstić information content (AvgIpc) is 3.66. The average molecular weight is 757 g/mol. The summed E-state index contributed by atoms with van der Waals surface area (Å²) in [6.07, 6.45) is 1.84. The van der Waals surface area contributed by atoms with Crippen LogP contribution in [-0.4, -0.2) is 25.6 Å². The van der Waals surface area contributed by atoms with Gasteiger partial charge in [0.2, 0.25) is 0 Å². The van der Waals surface area contributed by atoms with Crippen molar-refractivity contribution in [2.24, 2.45) is 0 Å². The van der Waals surface area contributed by atoms with Crippen LogP contribution >= 0.6 is 0 Å². The third-order valence-corrected chi connectivity index (χ3v) is 7.83. The Hall–Kier alpha value is -4.80. The number of fused-ring (bicyclic) bond motifs is 2. The van der Waals surface area contributed by atoms with Crippen molar-refractivity contribution >= 4 is 27.9 Å². The van der Waals surface area contributed by atoms with Crippen molar-refractivity contribution in [3.63, 3.8) is 0 Å². The van der Waals surface area contributed by atoms with E-state index in [0.29, 0.717) is 5.69 Å². The van der Waals surface area contributed by atoms with Crippen LogP contribution in [0.25, 0.3) is 61.4 Å². The van der Waals surface area contributed by atoms with Crippen LogP contribution in [0.3, 0.4) is 0 Å². The molecule has 0 radical (unpaired) electrons. The molecule has 6 nitrogen and oxygen atoms in total. The molecular weight excluding hydrogens is 728 g/mol. The summed E-state index contributed by atoms with van der Waals surface area (Å²) in [5, 5.41) is 11.0. The molecule has 0 amide bonds. The van der Waals surface area contributed by atoms with Crippen LogP contribution in [0.15, 0.2) is 115 Å². The van der Waals surface area contributed by atoms with Crippen LogP contribution in [-0.2, 0) is 26.5 Å². The van der Waals surface area contributed by atoms with Gasteiger partial charge in [0, 0.05) is 37.9 Å². The molecule has 4 aromatic carbocycles. The van der Waals surface area contributed by atoms with Gasteiger partial charge in [0.15, 0.2) is 0 Å². The van der Waals surface area contributed by atoms with Crippen molar-refractivity contribution < 1.29 is 31.0 Å². The molecule has 7 heteroatoms. The van der Waals surface area contributed by atoms with E-state index in [0.717, 1.165) is 55.7 Å². The minimum absolute atomic E-state index is 0. The number of para-hydroxylation sites is 2. The van der Waals surface area contributed by atoms with Crippen molar-refractivity contribution in [3.05, 3.63) is 127 Å². The zero-order valence-electron chi connectivity index (χ0n) is 24.4. The molecule has 0 aliphatic heterocycles. The third-order valence-electron chi connectivity index (χ3n) is 7.83. The number of benzene rings is 4. The first-order valence-corrected chi connectivity index (χ1v) is 14.2. The molecule has 0 unspecified atom stereocenters. The maximum Gasteiger partial charge on any atom is 0.354 e. The fraction of sp³-hybridized carbons (Fsp3) is 0.108. The third kappa shape index (κ3) is 5.16. The summed E-state index contributed by atoms with van der Waals surface area (Å²) in [7, 11) is 0. The maximum atomic E-state index is 12.2. The Labute approximate surface area is 269 Å². The van der Waals surface area contributed by atoms with Gasteiger partial charge in [0.25, 0.3) is 0 Å². The van der Waals surface area contributed by atoms with E-state index in [-0.39, 0.29) is 32.2 Å². The Morgan fingerprint density at radius 1 is 0.773 bits per heavy atom. The van der Waals surface area contributed by atoms with E-state index in [1.165, 1.54) is 5.56 Å². The largest absolute Gasteiger partial charge is 0.663 e. The van der Waals surface area contributed by atoms with Gasteiger partial charge in [-0.05, 0) is 63.9 Å². The number of hydrogen-bond acceptors (Lipinski definition) is 3. The SMILES string of the molecule is CC(C)(C)c1cc(-c2nc3c(-c4cc(-c5ccccc5)cc(C(=O)O)n4)cccc3n2-c2ccccc2)c2[n-]ccc2c1.[Pt]. The number of rotatable bonds is 5. The summed E-state index contributed by atoms with van der Waals surface area (Å²) in [6.45, 7) is 6.62. The van der Waals surface area contributed by atoms with Crippen LogP contribution < -0.4 is 4.98 Å². The van der Waals surface area contributed by atoms with Crippen LogP contribution in [0.4, 0.5) is 0 Å². The van der Waals surface area contributed by atoms with Crippen molar-refractivity contribution in [3.8, 4) is 39.5 Å². The van der Waals surface area contributed by atoms with Crippen LogP contribution in [0, 0.1) is 0 Å². The number of aromatic nitrogens is 4. The van der Waals surface area contributed by atoms with Gasteiger partial charge >= 0.3 is 5.97 Å². The molecule has 0 saturated heterocycles. The zero-order chi connectivity index (χ0) is 29.7.